The molecule has 0 spiro atoms. The standard InChI is InChI=1S/C29H37FN6O2/c1-21(2)18-34-12-6-14-35(29(38)26-20-33(4)32-22(26)3)19-24-16-25(30)9-10-27(24)36(15-7-13-34)28(37)23-8-5-11-31-17-23/h5,8-11,16-17,20-21H,6-7,12-15,18-19H2,1-4H3. The zero-order valence-electron chi connectivity index (χ0n) is 22.7. The van der Waals surface area contributed by atoms with Crippen molar-refractivity contribution in [2.75, 3.05) is 37.6 Å². The van der Waals surface area contributed by atoms with Gasteiger partial charge in [0.15, 0.2) is 0 Å². The Balaban J connectivity index is 1.75. The number of aryl methyl sites for hydroxylation is 2. The van der Waals surface area contributed by atoms with E-state index < -0.39 is 5.82 Å². The van der Waals surface area contributed by atoms with Gasteiger partial charge in [-0.2, -0.15) is 5.10 Å². The predicted octanol–water partition coefficient (Wildman–Crippen LogP) is 4.30. The van der Waals surface area contributed by atoms with Crippen LogP contribution in [0.3, 0.4) is 0 Å². The molecular weight excluding hydrogens is 483 g/mol. The van der Waals surface area contributed by atoms with Gasteiger partial charge in [0.25, 0.3) is 11.8 Å². The number of benzene rings is 1. The van der Waals surface area contributed by atoms with Gasteiger partial charge in [0.1, 0.15) is 5.82 Å². The Morgan fingerprint density at radius 2 is 1.82 bits per heavy atom. The topological polar surface area (TPSA) is 74.6 Å². The quantitative estimate of drug-likeness (QED) is 0.513. The molecule has 1 aromatic carbocycles. The number of aromatic nitrogens is 3. The van der Waals surface area contributed by atoms with Crippen LogP contribution in [0.2, 0.25) is 0 Å². The van der Waals surface area contributed by atoms with E-state index in [-0.39, 0.29) is 18.4 Å². The predicted molar refractivity (Wildman–Crippen MR) is 146 cm³/mol. The van der Waals surface area contributed by atoms with Crippen LogP contribution in [-0.2, 0) is 13.6 Å². The van der Waals surface area contributed by atoms with Crippen LogP contribution in [-0.4, -0.2) is 69.1 Å². The minimum Gasteiger partial charge on any atom is -0.334 e. The maximum absolute atomic E-state index is 14.6. The van der Waals surface area contributed by atoms with Gasteiger partial charge < -0.3 is 14.7 Å². The van der Waals surface area contributed by atoms with Crippen molar-refractivity contribution < 1.29 is 14.0 Å². The van der Waals surface area contributed by atoms with Gasteiger partial charge in [-0.3, -0.25) is 19.3 Å². The van der Waals surface area contributed by atoms with E-state index in [1.165, 1.54) is 12.1 Å². The molecule has 0 aliphatic carbocycles. The van der Waals surface area contributed by atoms with Crippen LogP contribution in [0.15, 0.2) is 48.9 Å². The normalized spacial score (nSPS) is 15.6. The van der Waals surface area contributed by atoms with Crippen molar-refractivity contribution in [2.45, 2.75) is 40.2 Å². The lowest BCUT2D eigenvalue weighted by Gasteiger charge is -2.32. The zero-order chi connectivity index (χ0) is 27.2. The Labute approximate surface area is 224 Å². The van der Waals surface area contributed by atoms with Crippen molar-refractivity contribution in [1.82, 2.24) is 24.6 Å². The van der Waals surface area contributed by atoms with E-state index in [4.69, 9.17) is 0 Å². The first kappa shape index (κ1) is 27.4. The summed E-state index contributed by atoms with van der Waals surface area (Å²) < 4.78 is 16.2. The smallest absolute Gasteiger partial charge is 0.259 e. The van der Waals surface area contributed by atoms with Gasteiger partial charge in [-0.05, 0) is 74.7 Å². The second-order valence-electron chi connectivity index (χ2n) is 10.4. The SMILES string of the molecule is Cc1nn(C)cc1C(=O)N1CCCN(CC(C)C)CCCN(C(=O)c2cccnc2)c2ccc(F)cc2C1. The highest BCUT2D eigenvalue weighted by atomic mass is 19.1. The van der Waals surface area contributed by atoms with E-state index in [1.54, 1.807) is 58.3 Å². The molecule has 0 unspecified atom stereocenters. The summed E-state index contributed by atoms with van der Waals surface area (Å²) in [6.07, 6.45) is 6.47. The molecule has 9 heteroatoms. The molecular formula is C29H37FN6O2. The van der Waals surface area contributed by atoms with Crippen LogP contribution in [0.1, 0.15) is 58.7 Å². The van der Waals surface area contributed by atoms with E-state index in [1.807, 2.05) is 6.92 Å². The molecule has 202 valence electrons. The van der Waals surface area contributed by atoms with Crippen LogP contribution in [0.5, 0.6) is 0 Å². The zero-order valence-corrected chi connectivity index (χ0v) is 22.7. The fourth-order valence-electron chi connectivity index (χ4n) is 5.11. The third-order valence-corrected chi connectivity index (χ3v) is 6.76. The summed E-state index contributed by atoms with van der Waals surface area (Å²) in [7, 11) is 1.79. The third kappa shape index (κ3) is 6.64. The lowest BCUT2D eigenvalue weighted by Crippen LogP contribution is -2.40. The Morgan fingerprint density at radius 1 is 1.05 bits per heavy atom. The first-order chi connectivity index (χ1) is 18.2. The number of hydrogen-bond donors (Lipinski definition) is 0. The molecule has 38 heavy (non-hydrogen) atoms. The van der Waals surface area contributed by atoms with E-state index in [0.29, 0.717) is 47.1 Å². The van der Waals surface area contributed by atoms with Crippen molar-refractivity contribution in [3.05, 3.63) is 77.1 Å². The Kier molecular flexibility index (Phi) is 8.89. The number of rotatable bonds is 4. The number of halogens is 1. The number of amides is 2. The molecule has 0 atom stereocenters. The molecule has 3 aromatic rings. The van der Waals surface area contributed by atoms with Gasteiger partial charge in [0, 0.05) is 57.5 Å². The summed E-state index contributed by atoms with van der Waals surface area (Å²) in [5.41, 5.74) is 2.85. The fourth-order valence-corrected chi connectivity index (χ4v) is 5.11. The number of fused-ring (bicyclic) bond motifs is 1. The average molecular weight is 521 g/mol. The van der Waals surface area contributed by atoms with Crippen molar-refractivity contribution >= 4 is 17.5 Å². The Hall–Kier alpha value is -3.59. The summed E-state index contributed by atoms with van der Waals surface area (Å²) in [6, 6.07) is 7.93. The number of pyridine rings is 1. The van der Waals surface area contributed by atoms with Crippen molar-refractivity contribution in [2.24, 2.45) is 13.0 Å². The largest absolute Gasteiger partial charge is 0.334 e. The number of hydrogen-bond acceptors (Lipinski definition) is 5. The van der Waals surface area contributed by atoms with Crippen LogP contribution >= 0.6 is 0 Å². The lowest BCUT2D eigenvalue weighted by atomic mass is 10.1. The molecule has 4 rings (SSSR count). The maximum Gasteiger partial charge on any atom is 0.259 e. The number of anilines is 1. The summed E-state index contributed by atoms with van der Waals surface area (Å²) in [5.74, 6) is -0.254. The van der Waals surface area contributed by atoms with Gasteiger partial charge in [-0.1, -0.05) is 13.8 Å². The number of carbonyl (C=O) groups excluding carboxylic acids is 2. The Morgan fingerprint density at radius 3 is 2.47 bits per heavy atom. The second kappa shape index (κ2) is 12.3. The molecule has 0 bridgehead atoms. The number of carbonyl (C=O) groups is 2. The van der Waals surface area contributed by atoms with Crippen molar-refractivity contribution in [3.8, 4) is 0 Å². The molecule has 0 saturated heterocycles. The molecule has 0 N–H and O–H groups in total. The Bertz CT molecular complexity index is 1260. The van der Waals surface area contributed by atoms with Gasteiger partial charge in [-0.15, -0.1) is 0 Å². The molecule has 2 amide bonds. The first-order valence-corrected chi connectivity index (χ1v) is 13.2. The van der Waals surface area contributed by atoms with Gasteiger partial charge in [-0.25, -0.2) is 4.39 Å². The van der Waals surface area contributed by atoms with Crippen LogP contribution in [0, 0.1) is 18.7 Å². The second-order valence-corrected chi connectivity index (χ2v) is 10.4. The summed E-state index contributed by atoms with van der Waals surface area (Å²) >= 11 is 0. The van der Waals surface area contributed by atoms with E-state index in [9.17, 15) is 14.0 Å². The third-order valence-electron chi connectivity index (χ3n) is 6.76. The molecule has 0 radical (unpaired) electrons. The molecule has 3 heterocycles. The van der Waals surface area contributed by atoms with Crippen LogP contribution in [0.4, 0.5) is 10.1 Å². The fraction of sp³-hybridized carbons (Fsp3) is 0.448. The van der Waals surface area contributed by atoms with Crippen molar-refractivity contribution in [3.63, 3.8) is 0 Å². The molecule has 0 fully saturated rings. The molecule has 8 nitrogen and oxygen atoms in total. The van der Waals surface area contributed by atoms with Gasteiger partial charge in [0.05, 0.1) is 16.8 Å². The lowest BCUT2D eigenvalue weighted by molar-refractivity contribution is 0.0732. The average Bonchev–Trinajstić information content (AvgIpc) is 3.22. The minimum atomic E-state index is -0.405. The van der Waals surface area contributed by atoms with Gasteiger partial charge >= 0.3 is 0 Å². The minimum absolute atomic E-state index is 0.150. The molecule has 0 saturated carbocycles. The van der Waals surface area contributed by atoms with Gasteiger partial charge in [0.2, 0.25) is 0 Å². The summed E-state index contributed by atoms with van der Waals surface area (Å²) in [4.78, 5) is 37.4. The van der Waals surface area contributed by atoms with Crippen molar-refractivity contribution in [1.29, 1.82) is 0 Å². The summed E-state index contributed by atoms with van der Waals surface area (Å²) in [6.45, 7) is 9.96. The highest BCUT2D eigenvalue weighted by molar-refractivity contribution is 6.06. The van der Waals surface area contributed by atoms with E-state index >= 15 is 0 Å². The van der Waals surface area contributed by atoms with E-state index in [2.05, 4.69) is 28.8 Å². The highest BCUT2D eigenvalue weighted by Gasteiger charge is 2.26. The molecule has 1 aliphatic heterocycles. The highest BCUT2D eigenvalue weighted by Crippen LogP contribution is 2.27. The molecule has 2 aromatic heterocycles. The van der Waals surface area contributed by atoms with Crippen LogP contribution in [0.25, 0.3) is 0 Å². The number of nitrogens with zero attached hydrogens (tertiary/aromatic N) is 6. The van der Waals surface area contributed by atoms with Crippen LogP contribution < -0.4 is 4.90 Å². The first-order valence-electron chi connectivity index (χ1n) is 13.2. The summed E-state index contributed by atoms with van der Waals surface area (Å²) in [5, 5.41) is 4.34. The molecule has 1 aliphatic rings. The monoisotopic (exact) mass is 520 g/mol. The van der Waals surface area contributed by atoms with E-state index in [0.717, 1.165) is 32.5 Å². The maximum atomic E-state index is 14.6.